The molecule has 1 fully saturated rings. The predicted octanol–water partition coefficient (Wildman–Crippen LogP) is 1.59. The minimum absolute atomic E-state index is 0.0175. The van der Waals surface area contributed by atoms with Crippen LogP contribution in [0.4, 0.5) is 8.78 Å². The van der Waals surface area contributed by atoms with Gasteiger partial charge in [-0.2, -0.15) is 0 Å². The molecule has 0 unspecified atom stereocenters. The number of piperazine rings is 1. The smallest absolute Gasteiger partial charge is 0.223 e. The zero-order chi connectivity index (χ0) is 15.4. The van der Waals surface area contributed by atoms with Crippen molar-refractivity contribution >= 4 is 11.8 Å². The van der Waals surface area contributed by atoms with Gasteiger partial charge in [-0.05, 0) is 24.1 Å². The molecule has 0 atom stereocenters. The average Bonchev–Trinajstić information content (AvgIpc) is 2.48. The van der Waals surface area contributed by atoms with Gasteiger partial charge in [0, 0.05) is 39.5 Å². The highest BCUT2D eigenvalue weighted by Gasteiger charge is 2.21. The number of halogens is 2. The summed E-state index contributed by atoms with van der Waals surface area (Å²) in [6.07, 6.45) is 0.633. The Balaban J connectivity index is 1.82. The summed E-state index contributed by atoms with van der Waals surface area (Å²) >= 11 is 0. The van der Waals surface area contributed by atoms with Crippen LogP contribution < -0.4 is 0 Å². The van der Waals surface area contributed by atoms with Crippen LogP contribution in [0.1, 0.15) is 18.9 Å². The minimum Gasteiger partial charge on any atom is -0.339 e. The second-order valence-electron chi connectivity index (χ2n) is 5.14. The summed E-state index contributed by atoms with van der Waals surface area (Å²) in [7, 11) is 0. The van der Waals surface area contributed by atoms with E-state index in [1.54, 1.807) is 9.80 Å². The Morgan fingerprint density at radius 3 is 2.24 bits per heavy atom. The highest BCUT2D eigenvalue weighted by atomic mass is 19.2. The van der Waals surface area contributed by atoms with Gasteiger partial charge in [0.15, 0.2) is 11.6 Å². The third kappa shape index (κ3) is 4.00. The van der Waals surface area contributed by atoms with E-state index >= 15 is 0 Å². The molecule has 1 heterocycles. The molecule has 0 N–H and O–H groups in total. The molecule has 1 aromatic carbocycles. The first kappa shape index (κ1) is 15.4. The van der Waals surface area contributed by atoms with E-state index in [2.05, 4.69) is 0 Å². The van der Waals surface area contributed by atoms with Crippen LogP contribution in [0.5, 0.6) is 0 Å². The number of aryl methyl sites for hydroxylation is 1. The molecule has 4 nitrogen and oxygen atoms in total. The fourth-order valence-corrected chi connectivity index (χ4v) is 2.38. The molecule has 0 aromatic heterocycles. The lowest BCUT2D eigenvalue weighted by Crippen LogP contribution is -2.50. The topological polar surface area (TPSA) is 40.6 Å². The lowest BCUT2D eigenvalue weighted by atomic mass is 10.1. The first-order chi connectivity index (χ1) is 9.97. The quantitative estimate of drug-likeness (QED) is 0.850. The number of nitrogens with zero attached hydrogens (tertiary/aromatic N) is 2. The van der Waals surface area contributed by atoms with Gasteiger partial charge in [-0.1, -0.05) is 6.07 Å². The maximum absolute atomic E-state index is 13.1. The summed E-state index contributed by atoms with van der Waals surface area (Å²) in [6, 6.07) is 3.68. The molecule has 2 amide bonds. The number of benzene rings is 1. The molecular formula is C15H18F2N2O2. The van der Waals surface area contributed by atoms with Crippen LogP contribution >= 0.6 is 0 Å². The standard InChI is InChI=1S/C15H18F2N2O2/c1-11(20)18-6-8-19(9-7-18)15(21)5-3-12-2-4-13(16)14(17)10-12/h2,4,10H,3,5-9H2,1H3. The summed E-state index contributed by atoms with van der Waals surface area (Å²) in [4.78, 5) is 26.7. The summed E-state index contributed by atoms with van der Waals surface area (Å²) in [5, 5.41) is 0. The lowest BCUT2D eigenvalue weighted by molar-refractivity contribution is -0.138. The van der Waals surface area contributed by atoms with Gasteiger partial charge in [0.05, 0.1) is 0 Å². The zero-order valence-corrected chi connectivity index (χ0v) is 11.9. The Labute approximate surface area is 122 Å². The number of hydrogen-bond acceptors (Lipinski definition) is 2. The Kier molecular flexibility index (Phi) is 4.88. The molecule has 0 radical (unpaired) electrons. The molecule has 0 bridgehead atoms. The molecule has 114 valence electrons. The van der Waals surface area contributed by atoms with E-state index in [0.717, 1.165) is 12.1 Å². The van der Waals surface area contributed by atoms with Gasteiger partial charge in [-0.3, -0.25) is 9.59 Å². The third-order valence-corrected chi connectivity index (χ3v) is 3.69. The molecule has 1 aliphatic rings. The summed E-state index contributed by atoms with van der Waals surface area (Å²) in [5.41, 5.74) is 0.602. The van der Waals surface area contributed by atoms with Crippen molar-refractivity contribution in [1.82, 2.24) is 9.80 Å². The Morgan fingerprint density at radius 2 is 1.67 bits per heavy atom. The Hall–Kier alpha value is -1.98. The maximum Gasteiger partial charge on any atom is 0.223 e. The van der Waals surface area contributed by atoms with Crippen LogP contribution in [-0.4, -0.2) is 47.8 Å². The second kappa shape index (κ2) is 6.65. The molecule has 1 saturated heterocycles. The van der Waals surface area contributed by atoms with Crippen molar-refractivity contribution in [3.05, 3.63) is 35.4 Å². The fourth-order valence-electron chi connectivity index (χ4n) is 2.38. The number of carbonyl (C=O) groups is 2. The molecule has 0 saturated carbocycles. The fraction of sp³-hybridized carbons (Fsp3) is 0.467. The molecule has 0 aliphatic carbocycles. The number of hydrogen-bond donors (Lipinski definition) is 0. The molecule has 2 rings (SSSR count). The molecule has 21 heavy (non-hydrogen) atoms. The van der Waals surface area contributed by atoms with Gasteiger partial charge in [-0.15, -0.1) is 0 Å². The van der Waals surface area contributed by atoms with Crippen molar-refractivity contribution in [2.45, 2.75) is 19.8 Å². The van der Waals surface area contributed by atoms with Gasteiger partial charge in [0.2, 0.25) is 11.8 Å². The predicted molar refractivity (Wildman–Crippen MR) is 73.5 cm³/mol. The highest BCUT2D eigenvalue weighted by Crippen LogP contribution is 2.12. The van der Waals surface area contributed by atoms with Crippen LogP contribution in [-0.2, 0) is 16.0 Å². The molecule has 0 spiro atoms. The lowest BCUT2D eigenvalue weighted by Gasteiger charge is -2.34. The van der Waals surface area contributed by atoms with E-state index in [1.165, 1.54) is 13.0 Å². The van der Waals surface area contributed by atoms with Gasteiger partial charge < -0.3 is 9.80 Å². The highest BCUT2D eigenvalue weighted by molar-refractivity contribution is 5.77. The average molecular weight is 296 g/mol. The van der Waals surface area contributed by atoms with Gasteiger partial charge in [-0.25, -0.2) is 8.78 Å². The van der Waals surface area contributed by atoms with Crippen molar-refractivity contribution in [1.29, 1.82) is 0 Å². The van der Waals surface area contributed by atoms with Gasteiger partial charge in [0.1, 0.15) is 0 Å². The molecule has 1 aromatic rings. The molecule has 1 aliphatic heterocycles. The third-order valence-electron chi connectivity index (χ3n) is 3.69. The van der Waals surface area contributed by atoms with E-state index in [9.17, 15) is 18.4 Å². The van der Waals surface area contributed by atoms with Crippen molar-refractivity contribution in [3.8, 4) is 0 Å². The SMILES string of the molecule is CC(=O)N1CCN(C(=O)CCc2ccc(F)c(F)c2)CC1. The maximum atomic E-state index is 13.1. The Morgan fingerprint density at radius 1 is 1.05 bits per heavy atom. The summed E-state index contributed by atoms with van der Waals surface area (Å²) in [5.74, 6) is -1.78. The normalized spacial score (nSPS) is 15.2. The largest absolute Gasteiger partial charge is 0.339 e. The number of rotatable bonds is 3. The van der Waals surface area contributed by atoms with Crippen LogP contribution in [0.2, 0.25) is 0 Å². The van der Waals surface area contributed by atoms with E-state index in [1.807, 2.05) is 0 Å². The van der Waals surface area contributed by atoms with Crippen LogP contribution in [0.3, 0.4) is 0 Å². The van der Waals surface area contributed by atoms with Crippen molar-refractivity contribution in [2.75, 3.05) is 26.2 Å². The summed E-state index contributed by atoms with van der Waals surface area (Å²) < 4.78 is 25.9. The second-order valence-corrected chi connectivity index (χ2v) is 5.14. The van der Waals surface area contributed by atoms with Crippen molar-refractivity contribution < 1.29 is 18.4 Å². The number of carbonyl (C=O) groups excluding carboxylic acids is 2. The van der Waals surface area contributed by atoms with Gasteiger partial charge in [0.25, 0.3) is 0 Å². The summed E-state index contributed by atoms with van der Waals surface area (Å²) in [6.45, 7) is 3.66. The number of amides is 2. The molecule has 6 heteroatoms. The van der Waals surface area contributed by atoms with E-state index < -0.39 is 11.6 Å². The Bertz CT molecular complexity index is 540. The van der Waals surface area contributed by atoms with Crippen molar-refractivity contribution in [3.63, 3.8) is 0 Å². The zero-order valence-electron chi connectivity index (χ0n) is 11.9. The van der Waals surface area contributed by atoms with Gasteiger partial charge >= 0.3 is 0 Å². The van der Waals surface area contributed by atoms with Crippen molar-refractivity contribution in [2.24, 2.45) is 0 Å². The van der Waals surface area contributed by atoms with E-state index in [4.69, 9.17) is 0 Å². The minimum atomic E-state index is -0.893. The van der Waals surface area contributed by atoms with Crippen LogP contribution in [0, 0.1) is 11.6 Å². The first-order valence-corrected chi connectivity index (χ1v) is 6.94. The van der Waals surface area contributed by atoms with E-state index in [0.29, 0.717) is 38.2 Å². The van der Waals surface area contributed by atoms with Crippen LogP contribution in [0.15, 0.2) is 18.2 Å². The molecular weight excluding hydrogens is 278 g/mol. The van der Waals surface area contributed by atoms with Crippen LogP contribution in [0.25, 0.3) is 0 Å². The van der Waals surface area contributed by atoms with E-state index in [-0.39, 0.29) is 18.2 Å². The first-order valence-electron chi connectivity index (χ1n) is 6.94. The monoisotopic (exact) mass is 296 g/mol.